The molecular weight excluding hydrogens is 394 g/mol. The third kappa shape index (κ3) is 4.51. The number of hydrogen-bond donors (Lipinski definition) is 1. The third-order valence-corrected chi connectivity index (χ3v) is 4.34. The van der Waals surface area contributed by atoms with Crippen LogP contribution in [0.25, 0.3) is 10.8 Å². The van der Waals surface area contributed by atoms with E-state index in [-0.39, 0.29) is 22.7 Å². The highest BCUT2D eigenvalue weighted by Crippen LogP contribution is 2.21. The van der Waals surface area contributed by atoms with Crippen LogP contribution in [-0.4, -0.2) is 28.0 Å². The lowest BCUT2D eigenvalue weighted by molar-refractivity contribution is -0.0499. The van der Waals surface area contributed by atoms with Crippen LogP contribution in [0, 0.1) is 0 Å². The Kier molecular flexibility index (Phi) is 6.51. The molecule has 2 aromatic carbocycles. The number of carbonyl (C=O) groups excluding carboxylic acids is 1. The molecule has 1 heterocycles. The van der Waals surface area contributed by atoms with Crippen LogP contribution in [-0.2, 0) is 6.54 Å². The van der Waals surface area contributed by atoms with E-state index in [1.54, 1.807) is 49.4 Å². The van der Waals surface area contributed by atoms with Crippen molar-refractivity contribution >= 4 is 22.4 Å². The molecule has 0 radical (unpaired) electrons. The van der Waals surface area contributed by atoms with Crippen molar-refractivity contribution in [3.63, 3.8) is 0 Å². The molecule has 1 aromatic heterocycles. The van der Waals surface area contributed by atoms with Gasteiger partial charge in [-0.15, -0.1) is 0 Å². The maximum Gasteiger partial charge on any atom is 0.387 e. The molecule has 7 nitrogen and oxygen atoms in total. The SMILES string of the molecule is CCCn1nc(C(=O)N/N=C(\C)c2ccccc2OC(F)F)c2ccccc2c1=O. The molecule has 0 aliphatic heterocycles. The van der Waals surface area contributed by atoms with Crippen molar-refractivity contribution in [3.8, 4) is 5.75 Å². The van der Waals surface area contributed by atoms with Crippen LogP contribution in [0.3, 0.4) is 0 Å². The monoisotopic (exact) mass is 414 g/mol. The molecular formula is C21H20F2N4O3. The Morgan fingerprint density at radius 3 is 2.53 bits per heavy atom. The van der Waals surface area contributed by atoms with E-state index in [0.29, 0.717) is 29.3 Å². The quantitative estimate of drug-likeness (QED) is 0.473. The average Bonchev–Trinajstić information content (AvgIpc) is 2.74. The lowest BCUT2D eigenvalue weighted by Crippen LogP contribution is -2.29. The van der Waals surface area contributed by atoms with Gasteiger partial charge in [0, 0.05) is 17.5 Å². The molecule has 1 amide bonds. The predicted molar refractivity (Wildman–Crippen MR) is 109 cm³/mol. The van der Waals surface area contributed by atoms with Gasteiger partial charge in [-0.05, 0) is 31.5 Å². The number of carbonyl (C=O) groups is 1. The fourth-order valence-corrected chi connectivity index (χ4v) is 2.98. The second-order valence-corrected chi connectivity index (χ2v) is 6.44. The summed E-state index contributed by atoms with van der Waals surface area (Å²) in [4.78, 5) is 25.3. The molecule has 0 spiro atoms. The molecule has 1 N–H and O–H groups in total. The van der Waals surface area contributed by atoms with E-state index in [1.165, 1.54) is 10.7 Å². The van der Waals surface area contributed by atoms with Gasteiger partial charge in [-0.1, -0.05) is 37.3 Å². The summed E-state index contributed by atoms with van der Waals surface area (Å²) < 4.78 is 31.0. The smallest absolute Gasteiger partial charge is 0.387 e. The number of halogens is 2. The number of rotatable bonds is 7. The van der Waals surface area contributed by atoms with E-state index >= 15 is 0 Å². The van der Waals surface area contributed by atoms with Crippen LogP contribution in [0.4, 0.5) is 8.78 Å². The molecule has 0 unspecified atom stereocenters. The Morgan fingerprint density at radius 2 is 1.83 bits per heavy atom. The maximum atomic E-state index is 12.8. The predicted octanol–water partition coefficient (Wildman–Crippen LogP) is 3.56. The summed E-state index contributed by atoms with van der Waals surface area (Å²) in [6.07, 6.45) is 0.671. The van der Waals surface area contributed by atoms with Gasteiger partial charge in [0.25, 0.3) is 11.5 Å². The van der Waals surface area contributed by atoms with Crippen LogP contribution < -0.4 is 15.7 Å². The van der Waals surface area contributed by atoms with Gasteiger partial charge in [0.1, 0.15) is 5.75 Å². The largest absolute Gasteiger partial charge is 0.434 e. The van der Waals surface area contributed by atoms with Crippen LogP contribution in [0.15, 0.2) is 58.4 Å². The highest BCUT2D eigenvalue weighted by Gasteiger charge is 2.17. The number of hydrogen-bond acceptors (Lipinski definition) is 5. The van der Waals surface area contributed by atoms with E-state index < -0.39 is 12.5 Å². The lowest BCUT2D eigenvalue weighted by Gasteiger charge is -2.11. The topological polar surface area (TPSA) is 85.6 Å². The van der Waals surface area contributed by atoms with Gasteiger partial charge in [-0.25, -0.2) is 10.1 Å². The number of aryl methyl sites for hydroxylation is 1. The Hall–Kier alpha value is -3.62. The highest BCUT2D eigenvalue weighted by atomic mass is 19.3. The Morgan fingerprint density at radius 1 is 1.17 bits per heavy atom. The number of para-hydroxylation sites is 1. The summed E-state index contributed by atoms with van der Waals surface area (Å²) in [6.45, 7) is 0.834. The molecule has 30 heavy (non-hydrogen) atoms. The molecule has 3 aromatic rings. The van der Waals surface area contributed by atoms with Gasteiger partial charge >= 0.3 is 6.61 Å². The first-order valence-electron chi connectivity index (χ1n) is 9.31. The second kappa shape index (κ2) is 9.25. The minimum absolute atomic E-state index is 0.0484. The van der Waals surface area contributed by atoms with Crippen LogP contribution in [0.1, 0.15) is 36.3 Å². The average molecular weight is 414 g/mol. The van der Waals surface area contributed by atoms with Gasteiger partial charge in [0.05, 0.1) is 11.1 Å². The zero-order chi connectivity index (χ0) is 21.7. The van der Waals surface area contributed by atoms with E-state index in [1.807, 2.05) is 6.92 Å². The van der Waals surface area contributed by atoms with E-state index in [9.17, 15) is 18.4 Å². The summed E-state index contributed by atoms with van der Waals surface area (Å²) in [5, 5.41) is 8.99. The maximum absolute atomic E-state index is 12.8. The molecule has 9 heteroatoms. The van der Waals surface area contributed by atoms with Gasteiger partial charge < -0.3 is 4.74 Å². The summed E-state index contributed by atoms with van der Waals surface area (Å²) in [6, 6.07) is 12.8. The van der Waals surface area contributed by atoms with Gasteiger partial charge in [0.15, 0.2) is 5.69 Å². The lowest BCUT2D eigenvalue weighted by atomic mass is 10.1. The van der Waals surface area contributed by atoms with Crippen LogP contribution >= 0.6 is 0 Å². The minimum Gasteiger partial charge on any atom is -0.434 e. The summed E-state index contributed by atoms with van der Waals surface area (Å²) in [7, 11) is 0. The van der Waals surface area contributed by atoms with E-state index in [0.717, 1.165) is 0 Å². The Labute approximate surface area is 171 Å². The number of aromatic nitrogens is 2. The van der Waals surface area contributed by atoms with Crippen molar-refractivity contribution in [2.45, 2.75) is 33.4 Å². The standard InChI is InChI=1S/C21H20F2N4O3/c1-3-12-27-20(29)16-10-5-4-9-15(16)18(26-27)19(28)25-24-13(2)14-8-6-7-11-17(14)30-21(22)23/h4-11,21H,3,12H2,1-2H3,(H,25,28)/b24-13+. The normalized spacial score (nSPS) is 11.7. The van der Waals surface area contributed by atoms with Crippen molar-refractivity contribution < 1.29 is 18.3 Å². The number of fused-ring (bicyclic) bond motifs is 1. The molecule has 0 atom stereocenters. The summed E-state index contributed by atoms with van der Waals surface area (Å²) in [5.41, 5.74) is 2.74. The zero-order valence-corrected chi connectivity index (χ0v) is 16.4. The Balaban J connectivity index is 1.94. The van der Waals surface area contributed by atoms with E-state index in [2.05, 4.69) is 20.4 Å². The zero-order valence-electron chi connectivity index (χ0n) is 16.4. The molecule has 3 rings (SSSR count). The van der Waals surface area contributed by atoms with Gasteiger partial charge in [-0.3, -0.25) is 9.59 Å². The number of amides is 1. The highest BCUT2D eigenvalue weighted by molar-refractivity contribution is 6.06. The van der Waals surface area contributed by atoms with Crippen molar-refractivity contribution in [3.05, 3.63) is 70.1 Å². The molecule has 0 saturated carbocycles. The summed E-state index contributed by atoms with van der Waals surface area (Å²) >= 11 is 0. The molecule has 156 valence electrons. The number of nitrogens with one attached hydrogen (secondary N) is 1. The van der Waals surface area contributed by atoms with Crippen LogP contribution in [0.5, 0.6) is 5.75 Å². The first kappa shape index (κ1) is 21.1. The minimum atomic E-state index is -2.98. The fourth-order valence-electron chi connectivity index (χ4n) is 2.98. The van der Waals surface area contributed by atoms with Gasteiger partial charge in [0.2, 0.25) is 0 Å². The number of nitrogens with zero attached hydrogens (tertiary/aromatic N) is 3. The first-order chi connectivity index (χ1) is 14.4. The molecule has 0 bridgehead atoms. The molecule has 0 aliphatic rings. The fraction of sp³-hybridized carbons (Fsp3) is 0.238. The van der Waals surface area contributed by atoms with Crippen molar-refractivity contribution in [2.75, 3.05) is 0 Å². The molecule has 0 aliphatic carbocycles. The van der Waals surface area contributed by atoms with Crippen LogP contribution in [0.2, 0.25) is 0 Å². The number of benzene rings is 2. The first-order valence-corrected chi connectivity index (χ1v) is 9.31. The van der Waals surface area contributed by atoms with E-state index in [4.69, 9.17) is 0 Å². The number of alkyl halides is 2. The van der Waals surface area contributed by atoms with Crippen molar-refractivity contribution in [1.29, 1.82) is 0 Å². The third-order valence-electron chi connectivity index (χ3n) is 4.34. The van der Waals surface area contributed by atoms with Crippen molar-refractivity contribution in [1.82, 2.24) is 15.2 Å². The molecule has 0 fully saturated rings. The number of hydrazone groups is 1. The summed E-state index contributed by atoms with van der Waals surface area (Å²) in [5.74, 6) is -0.675. The van der Waals surface area contributed by atoms with Gasteiger partial charge in [-0.2, -0.15) is 19.0 Å². The number of ether oxygens (including phenoxy) is 1. The molecule has 0 saturated heterocycles. The van der Waals surface area contributed by atoms with Crippen molar-refractivity contribution in [2.24, 2.45) is 5.10 Å². The Bertz CT molecular complexity index is 1160. The second-order valence-electron chi connectivity index (χ2n) is 6.44.